The largest absolute Gasteiger partial charge is 0.456 e. The minimum atomic E-state index is -0.323. The molecule has 0 fully saturated rings. The number of hydrogen-bond donors (Lipinski definition) is 1. The van der Waals surface area contributed by atoms with Gasteiger partial charge in [0.25, 0.3) is 0 Å². The van der Waals surface area contributed by atoms with Crippen molar-refractivity contribution in [3.63, 3.8) is 0 Å². The second kappa shape index (κ2) is 11.2. The van der Waals surface area contributed by atoms with Crippen LogP contribution >= 0.6 is 22.7 Å². The zero-order valence-electron chi connectivity index (χ0n) is 27.1. The van der Waals surface area contributed by atoms with Crippen LogP contribution in [-0.2, 0) is 0 Å². The molecular formula is C45H27N3OS2. The van der Waals surface area contributed by atoms with E-state index in [2.05, 4.69) is 127 Å². The third kappa shape index (κ3) is 4.57. The summed E-state index contributed by atoms with van der Waals surface area (Å²) in [7, 11) is 0. The van der Waals surface area contributed by atoms with Gasteiger partial charge in [-0.25, -0.2) is 9.98 Å². The Morgan fingerprint density at radius 2 is 1.22 bits per heavy atom. The highest BCUT2D eigenvalue weighted by Gasteiger charge is 2.24. The second-order valence-electron chi connectivity index (χ2n) is 12.9. The van der Waals surface area contributed by atoms with E-state index in [0.29, 0.717) is 5.84 Å². The number of amidine groups is 2. The Morgan fingerprint density at radius 1 is 0.490 bits per heavy atom. The van der Waals surface area contributed by atoms with E-state index in [1.807, 2.05) is 53.0 Å². The van der Waals surface area contributed by atoms with Crippen LogP contribution in [-0.4, -0.2) is 11.7 Å². The molecular weight excluding hydrogens is 663 g/mol. The van der Waals surface area contributed by atoms with Crippen molar-refractivity contribution in [2.24, 2.45) is 9.98 Å². The number of nitrogens with zero attached hydrogens (tertiary/aromatic N) is 2. The Balaban J connectivity index is 1.10. The van der Waals surface area contributed by atoms with Crippen LogP contribution in [0.15, 0.2) is 166 Å². The van der Waals surface area contributed by atoms with E-state index < -0.39 is 0 Å². The molecule has 7 aromatic carbocycles. The van der Waals surface area contributed by atoms with Crippen LogP contribution in [0.4, 0.5) is 0 Å². The van der Waals surface area contributed by atoms with Crippen molar-refractivity contribution in [3.05, 3.63) is 168 Å². The van der Waals surface area contributed by atoms with Gasteiger partial charge in [0.1, 0.15) is 23.2 Å². The smallest absolute Gasteiger partial charge is 0.160 e. The molecule has 0 saturated carbocycles. The highest BCUT2D eigenvalue weighted by molar-refractivity contribution is 7.26. The molecule has 240 valence electrons. The second-order valence-corrected chi connectivity index (χ2v) is 15.1. The molecule has 3 aromatic heterocycles. The molecule has 4 heterocycles. The van der Waals surface area contributed by atoms with Crippen molar-refractivity contribution in [1.82, 2.24) is 5.32 Å². The van der Waals surface area contributed by atoms with Gasteiger partial charge >= 0.3 is 0 Å². The van der Waals surface area contributed by atoms with Crippen LogP contribution in [0.2, 0.25) is 0 Å². The summed E-state index contributed by atoms with van der Waals surface area (Å²) in [5.74, 6) is 1.47. The van der Waals surface area contributed by atoms with Gasteiger partial charge in [-0.2, -0.15) is 0 Å². The SMILES string of the molecule is c1ccc(C2=NC(c3cccc4oc5ccc(-c6cccc7sc8ccccc8c67)cc5c34)=NC(c3ccc4c(c3)sc3ccccc34)N2)cc1. The maximum absolute atomic E-state index is 6.50. The number of nitrogens with one attached hydrogen (secondary N) is 1. The third-order valence-corrected chi connectivity index (χ3v) is 12.2. The fourth-order valence-electron chi connectivity index (χ4n) is 7.59. The van der Waals surface area contributed by atoms with Gasteiger partial charge in [-0.05, 0) is 59.2 Å². The summed E-state index contributed by atoms with van der Waals surface area (Å²) in [5, 5.41) is 10.9. The van der Waals surface area contributed by atoms with Gasteiger partial charge in [0.2, 0.25) is 0 Å². The molecule has 51 heavy (non-hydrogen) atoms. The van der Waals surface area contributed by atoms with Crippen molar-refractivity contribution >= 4 is 96.6 Å². The van der Waals surface area contributed by atoms with Gasteiger partial charge in [-0.15, -0.1) is 22.7 Å². The summed E-state index contributed by atoms with van der Waals surface area (Å²) in [6, 6.07) is 53.7. The zero-order valence-corrected chi connectivity index (χ0v) is 28.8. The Hall–Kier alpha value is -6.08. The molecule has 0 spiro atoms. The lowest BCUT2D eigenvalue weighted by Crippen LogP contribution is -2.33. The Morgan fingerprint density at radius 3 is 2.12 bits per heavy atom. The number of benzene rings is 7. The van der Waals surface area contributed by atoms with Gasteiger partial charge < -0.3 is 9.73 Å². The molecule has 1 aliphatic heterocycles. The fraction of sp³-hybridized carbons (Fsp3) is 0.0222. The topological polar surface area (TPSA) is 49.9 Å². The Labute approximate surface area is 300 Å². The third-order valence-electron chi connectivity index (χ3n) is 9.96. The van der Waals surface area contributed by atoms with E-state index in [9.17, 15) is 0 Å². The fourth-order valence-corrected chi connectivity index (χ4v) is 9.88. The Bertz CT molecular complexity index is 3070. The Kier molecular flexibility index (Phi) is 6.32. The van der Waals surface area contributed by atoms with E-state index in [-0.39, 0.29) is 6.17 Å². The number of hydrogen-bond acceptors (Lipinski definition) is 6. The standard InChI is InChI=1S/C45H27N3OS2/c1-2-10-26(11-3-1)43-46-44(28-20-22-31-30-12-4-6-17-37(30)51-40(31)25-28)48-45(47-43)33-15-8-16-36-41(33)34-24-27(21-23-35(34)49-36)29-14-9-19-39-42(29)32-13-5-7-18-38(32)50-39/h1-25,44H,(H,46,47,48). The van der Waals surface area contributed by atoms with Crippen molar-refractivity contribution in [1.29, 1.82) is 0 Å². The number of fused-ring (bicyclic) bond motifs is 9. The quantitative estimate of drug-likeness (QED) is 0.200. The number of furan rings is 1. The first-order valence-electron chi connectivity index (χ1n) is 17.0. The molecule has 0 bridgehead atoms. The number of thiophene rings is 2. The van der Waals surface area contributed by atoms with E-state index >= 15 is 0 Å². The first kappa shape index (κ1) is 28.7. The molecule has 0 radical (unpaired) electrons. The van der Waals surface area contributed by atoms with Gasteiger partial charge in [0, 0.05) is 62.2 Å². The van der Waals surface area contributed by atoms with Crippen molar-refractivity contribution in [3.8, 4) is 11.1 Å². The first-order chi connectivity index (χ1) is 25.2. The first-order valence-corrected chi connectivity index (χ1v) is 18.6. The van der Waals surface area contributed by atoms with E-state index in [1.54, 1.807) is 0 Å². The normalized spacial score (nSPS) is 14.9. The predicted molar refractivity (Wildman–Crippen MR) is 217 cm³/mol. The molecule has 0 saturated heterocycles. The van der Waals surface area contributed by atoms with Crippen LogP contribution in [0.1, 0.15) is 22.9 Å². The van der Waals surface area contributed by atoms with E-state index in [0.717, 1.165) is 50.0 Å². The van der Waals surface area contributed by atoms with Crippen LogP contribution < -0.4 is 5.32 Å². The summed E-state index contributed by atoms with van der Waals surface area (Å²) in [4.78, 5) is 10.5. The minimum Gasteiger partial charge on any atom is -0.456 e. The van der Waals surface area contributed by atoms with Gasteiger partial charge in [0.15, 0.2) is 5.84 Å². The monoisotopic (exact) mass is 689 g/mol. The molecule has 11 rings (SSSR count). The summed E-state index contributed by atoms with van der Waals surface area (Å²) >= 11 is 3.66. The highest BCUT2D eigenvalue weighted by atomic mass is 32.1. The van der Waals surface area contributed by atoms with Crippen molar-refractivity contribution < 1.29 is 4.42 Å². The number of rotatable bonds is 4. The lowest BCUT2D eigenvalue weighted by atomic mass is 9.97. The predicted octanol–water partition coefficient (Wildman–Crippen LogP) is 12.5. The van der Waals surface area contributed by atoms with E-state index in [4.69, 9.17) is 14.4 Å². The summed E-state index contributed by atoms with van der Waals surface area (Å²) in [5.41, 5.74) is 7.10. The van der Waals surface area contributed by atoms with Gasteiger partial charge in [-0.1, -0.05) is 109 Å². The number of aliphatic imine (C=N–C) groups is 2. The minimum absolute atomic E-state index is 0.323. The lowest BCUT2D eigenvalue weighted by Gasteiger charge is -2.24. The average molecular weight is 690 g/mol. The molecule has 10 aromatic rings. The molecule has 1 N–H and O–H groups in total. The lowest BCUT2D eigenvalue weighted by molar-refractivity contribution is 0.668. The van der Waals surface area contributed by atoms with Crippen LogP contribution in [0.5, 0.6) is 0 Å². The van der Waals surface area contributed by atoms with Gasteiger partial charge in [0.05, 0.1) is 0 Å². The summed E-state index contributed by atoms with van der Waals surface area (Å²) in [6.07, 6.45) is -0.323. The molecule has 1 unspecified atom stereocenters. The zero-order chi connectivity index (χ0) is 33.5. The van der Waals surface area contributed by atoms with Crippen LogP contribution in [0.25, 0.3) is 73.4 Å². The summed E-state index contributed by atoms with van der Waals surface area (Å²) in [6.45, 7) is 0. The molecule has 4 nitrogen and oxygen atoms in total. The molecule has 1 atom stereocenters. The van der Waals surface area contributed by atoms with Crippen molar-refractivity contribution in [2.45, 2.75) is 6.17 Å². The highest BCUT2D eigenvalue weighted by Crippen LogP contribution is 2.42. The van der Waals surface area contributed by atoms with E-state index in [1.165, 1.54) is 45.9 Å². The van der Waals surface area contributed by atoms with Crippen LogP contribution in [0.3, 0.4) is 0 Å². The van der Waals surface area contributed by atoms with Crippen LogP contribution in [0, 0.1) is 0 Å². The maximum Gasteiger partial charge on any atom is 0.160 e. The van der Waals surface area contributed by atoms with Gasteiger partial charge in [-0.3, -0.25) is 0 Å². The maximum atomic E-state index is 6.50. The molecule has 6 heteroatoms. The average Bonchev–Trinajstić information content (AvgIpc) is 3.88. The molecule has 1 aliphatic rings. The summed E-state index contributed by atoms with van der Waals surface area (Å²) < 4.78 is 11.6. The molecule has 0 aliphatic carbocycles. The molecule has 0 amide bonds. The van der Waals surface area contributed by atoms with Crippen molar-refractivity contribution in [2.75, 3.05) is 0 Å².